The molecule has 0 radical (unpaired) electrons. The standard InChI is InChI=1S/C13H17NO4/c1-9-6-7-12(10(8-9)14(16)17)18-13-5-3-2-4-11(13)15/h6-8,11,13,15H,2-5H2,1H3/t11-,13-/m1/s1. The predicted molar refractivity (Wildman–Crippen MR) is 66.7 cm³/mol. The van der Waals surface area contributed by atoms with Crippen LogP contribution in [0.15, 0.2) is 18.2 Å². The van der Waals surface area contributed by atoms with Crippen molar-refractivity contribution >= 4 is 5.69 Å². The van der Waals surface area contributed by atoms with Gasteiger partial charge in [0.2, 0.25) is 0 Å². The van der Waals surface area contributed by atoms with Crippen molar-refractivity contribution in [1.29, 1.82) is 0 Å². The number of nitrogens with zero attached hydrogens (tertiary/aromatic N) is 1. The molecule has 5 heteroatoms. The molecule has 1 aromatic rings. The number of benzene rings is 1. The Morgan fingerprint density at radius 1 is 1.39 bits per heavy atom. The van der Waals surface area contributed by atoms with Gasteiger partial charge in [0, 0.05) is 6.07 Å². The summed E-state index contributed by atoms with van der Waals surface area (Å²) in [6.07, 6.45) is 2.55. The maximum Gasteiger partial charge on any atom is 0.311 e. The van der Waals surface area contributed by atoms with Crippen LogP contribution in [-0.4, -0.2) is 22.2 Å². The molecule has 0 amide bonds. The molecule has 1 fully saturated rings. The van der Waals surface area contributed by atoms with E-state index < -0.39 is 11.0 Å². The van der Waals surface area contributed by atoms with Crippen molar-refractivity contribution in [2.24, 2.45) is 0 Å². The highest BCUT2D eigenvalue weighted by molar-refractivity contribution is 5.48. The smallest absolute Gasteiger partial charge is 0.311 e. The van der Waals surface area contributed by atoms with E-state index in [1.165, 1.54) is 6.07 Å². The summed E-state index contributed by atoms with van der Waals surface area (Å²) in [7, 11) is 0. The lowest BCUT2D eigenvalue weighted by atomic mass is 9.95. The van der Waals surface area contributed by atoms with Gasteiger partial charge in [0.15, 0.2) is 5.75 Å². The second kappa shape index (κ2) is 5.35. The number of aryl methyl sites for hydroxylation is 1. The van der Waals surface area contributed by atoms with Gasteiger partial charge in [-0.25, -0.2) is 0 Å². The van der Waals surface area contributed by atoms with Gasteiger partial charge in [-0.3, -0.25) is 10.1 Å². The van der Waals surface area contributed by atoms with Crippen LogP contribution in [0.25, 0.3) is 0 Å². The number of ether oxygens (including phenoxy) is 1. The van der Waals surface area contributed by atoms with Crippen LogP contribution >= 0.6 is 0 Å². The van der Waals surface area contributed by atoms with Gasteiger partial charge >= 0.3 is 5.69 Å². The van der Waals surface area contributed by atoms with E-state index in [2.05, 4.69) is 0 Å². The summed E-state index contributed by atoms with van der Waals surface area (Å²) in [4.78, 5) is 10.5. The molecule has 0 bridgehead atoms. The Bertz CT molecular complexity index is 447. The Labute approximate surface area is 106 Å². The molecular formula is C13H17NO4. The molecule has 5 nitrogen and oxygen atoms in total. The Hall–Kier alpha value is -1.62. The zero-order chi connectivity index (χ0) is 13.1. The fourth-order valence-corrected chi connectivity index (χ4v) is 2.25. The lowest BCUT2D eigenvalue weighted by molar-refractivity contribution is -0.386. The van der Waals surface area contributed by atoms with E-state index in [-0.39, 0.29) is 17.5 Å². The minimum absolute atomic E-state index is 0.0345. The quantitative estimate of drug-likeness (QED) is 0.662. The maximum atomic E-state index is 11.0. The molecule has 1 aliphatic rings. The molecule has 0 saturated heterocycles. The Kier molecular flexibility index (Phi) is 3.81. The highest BCUT2D eigenvalue weighted by Crippen LogP contribution is 2.31. The van der Waals surface area contributed by atoms with Crippen molar-refractivity contribution in [3.63, 3.8) is 0 Å². The highest BCUT2D eigenvalue weighted by atomic mass is 16.6. The van der Waals surface area contributed by atoms with E-state index in [0.29, 0.717) is 6.42 Å². The molecule has 2 atom stereocenters. The third kappa shape index (κ3) is 2.79. The van der Waals surface area contributed by atoms with Gasteiger partial charge in [-0.1, -0.05) is 12.5 Å². The second-order valence-electron chi connectivity index (χ2n) is 4.74. The van der Waals surface area contributed by atoms with Crippen LogP contribution < -0.4 is 4.74 Å². The Morgan fingerprint density at radius 2 is 2.11 bits per heavy atom. The van der Waals surface area contributed by atoms with Gasteiger partial charge < -0.3 is 9.84 Å². The first-order chi connectivity index (χ1) is 8.58. The number of nitro groups is 1. The van der Waals surface area contributed by atoms with Crippen molar-refractivity contribution in [2.45, 2.75) is 44.8 Å². The summed E-state index contributed by atoms with van der Waals surface area (Å²) < 4.78 is 5.62. The molecule has 0 heterocycles. The average molecular weight is 251 g/mol. The number of rotatable bonds is 3. The maximum absolute atomic E-state index is 11.0. The van der Waals surface area contributed by atoms with E-state index in [0.717, 1.165) is 24.8 Å². The molecule has 0 aliphatic heterocycles. The molecule has 1 aromatic carbocycles. The lowest BCUT2D eigenvalue weighted by Crippen LogP contribution is -2.34. The number of nitro benzene ring substituents is 1. The van der Waals surface area contributed by atoms with Crippen LogP contribution in [-0.2, 0) is 0 Å². The monoisotopic (exact) mass is 251 g/mol. The van der Waals surface area contributed by atoms with Crippen molar-refractivity contribution in [3.8, 4) is 5.75 Å². The van der Waals surface area contributed by atoms with Gasteiger partial charge in [-0.15, -0.1) is 0 Å². The van der Waals surface area contributed by atoms with Crippen LogP contribution in [0.4, 0.5) is 5.69 Å². The van der Waals surface area contributed by atoms with Crippen molar-refractivity contribution in [1.82, 2.24) is 0 Å². The summed E-state index contributed by atoms with van der Waals surface area (Å²) in [5.74, 6) is 0.247. The van der Waals surface area contributed by atoms with Crippen LogP contribution in [0.2, 0.25) is 0 Å². The fraction of sp³-hybridized carbons (Fsp3) is 0.538. The molecule has 18 heavy (non-hydrogen) atoms. The van der Waals surface area contributed by atoms with E-state index in [4.69, 9.17) is 4.74 Å². The number of aliphatic hydroxyl groups excluding tert-OH is 1. The number of aliphatic hydroxyl groups is 1. The van der Waals surface area contributed by atoms with Gasteiger partial charge in [0.05, 0.1) is 11.0 Å². The summed E-state index contributed by atoms with van der Waals surface area (Å²) >= 11 is 0. The van der Waals surface area contributed by atoms with Crippen molar-refractivity contribution in [3.05, 3.63) is 33.9 Å². The predicted octanol–water partition coefficient (Wildman–Crippen LogP) is 2.59. The lowest BCUT2D eigenvalue weighted by Gasteiger charge is -2.28. The first-order valence-corrected chi connectivity index (χ1v) is 6.17. The molecule has 1 N–H and O–H groups in total. The topological polar surface area (TPSA) is 72.6 Å². The van der Waals surface area contributed by atoms with E-state index >= 15 is 0 Å². The molecule has 1 saturated carbocycles. The molecular weight excluding hydrogens is 234 g/mol. The molecule has 0 unspecified atom stereocenters. The summed E-state index contributed by atoms with van der Waals surface area (Å²) in [5.41, 5.74) is 0.783. The zero-order valence-electron chi connectivity index (χ0n) is 10.3. The minimum Gasteiger partial charge on any atom is -0.481 e. The van der Waals surface area contributed by atoms with Gasteiger partial charge in [0.1, 0.15) is 6.10 Å². The third-order valence-corrected chi connectivity index (χ3v) is 3.26. The van der Waals surface area contributed by atoms with Crippen molar-refractivity contribution < 1.29 is 14.8 Å². The third-order valence-electron chi connectivity index (χ3n) is 3.26. The van der Waals surface area contributed by atoms with Gasteiger partial charge in [0.25, 0.3) is 0 Å². The van der Waals surface area contributed by atoms with E-state index in [1.54, 1.807) is 19.1 Å². The van der Waals surface area contributed by atoms with Crippen molar-refractivity contribution in [2.75, 3.05) is 0 Å². The minimum atomic E-state index is -0.528. The summed E-state index contributed by atoms with van der Waals surface area (Å²) in [6.45, 7) is 1.80. The fourth-order valence-electron chi connectivity index (χ4n) is 2.25. The van der Waals surface area contributed by atoms with Gasteiger partial charge in [-0.05, 0) is 37.8 Å². The Morgan fingerprint density at radius 3 is 2.78 bits per heavy atom. The molecule has 2 rings (SSSR count). The van der Waals surface area contributed by atoms with Crippen LogP contribution in [0.5, 0.6) is 5.75 Å². The first-order valence-electron chi connectivity index (χ1n) is 6.17. The van der Waals surface area contributed by atoms with Crippen LogP contribution in [0.3, 0.4) is 0 Å². The normalized spacial score (nSPS) is 23.7. The molecule has 0 aromatic heterocycles. The summed E-state index contributed by atoms with van der Waals surface area (Å²) in [6, 6.07) is 4.87. The Balaban J connectivity index is 2.20. The second-order valence-corrected chi connectivity index (χ2v) is 4.74. The molecule has 98 valence electrons. The molecule has 1 aliphatic carbocycles. The number of hydrogen-bond acceptors (Lipinski definition) is 4. The SMILES string of the molecule is Cc1ccc(O[C@@H]2CCCC[C@H]2O)c([N+](=O)[O-])c1. The number of hydrogen-bond donors (Lipinski definition) is 1. The summed E-state index contributed by atoms with van der Waals surface area (Å²) in [5, 5.41) is 20.8. The highest BCUT2D eigenvalue weighted by Gasteiger charge is 2.27. The van der Waals surface area contributed by atoms with E-state index in [1.807, 2.05) is 0 Å². The average Bonchev–Trinajstić information content (AvgIpc) is 2.34. The largest absolute Gasteiger partial charge is 0.481 e. The molecule has 0 spiro atoms. The zero-order valence-corrected chi connectivity index (χ0v) is 10.3. The first kappa shape index (κ1) is 12.8. The van der Waals surface area contributed by atoms with Crippen LogP contribution in [0, 0.1) is 17.0 Å². The van der Waals surface area contributed by atoms with Gasteiger partial charge in [-0.2, -0.15) is 0 Å². The van der Waals surface area contributed by atoms with Crippen LogP contribution in [0.1, 0.15) is 31.2 Å². The van der Waals surface area contributed by atoms with E-state index in [9.17, 15) is 15.2 Å².